The number of piperidine rings is 1. The Morgan fingerprint density at radius 2 is 2.25 bits per heavy atom. The van der Waals surface area contributed by atoms with Crippen molar-refractivity contribution < 1.29 is 15.0 Å². The Hall–Kier alpha value is -0.870. The number of hydrogen-bond donors (Lipinski definition) is 2. The number of carbonyl (C=O) groups is 1. The van der Waals surface area contributed by atoms with Gasteiger partial charge in [0.2, 0.25) is 0 Å². The van der Waals surface area contributed by atoms with E-state index in [9.17, 15) is 9.90 Å². The first-order chi connectivity index (χ1) is 7.44. The van der Waals surface area contributed by atoms with Gasteiger partial charge in [-0.2, -0.15) is 0 Å². The number of carboxylic acids is 1. The fourth-order valence-corrected chi connectivity index (χ4v) is 2.10. The van der Waals surface area contributed by atoms with Crippen molar-refractivity contribution in [3.05, 3.63) is 11.6 Å². The Morgan fingerprint density at radius 3 is 2.75 bits per heavy atom. The first kappa shape index (κ1) is 13.2. The van der Waals surface area contributed by atoms with E-state index < -0.39 is 11.6 Å². The van der Waals surface area contributed by atoms with Crippen LogP contribution in [0.5, 0.6) is 0 Å². The minimum atomic E-state index is -0.841. The molecule has 0 aliphatic carbocycles. The molecule has 1 aliphatic rings. The third-order valence-electron chi connectivity index (χ3n) is 3.01. The van der Waals surface area contributed by atoms with Crippen LogP contribution < -0.4 is 0 Å². The number of hydrogen-bond acceptors (Lipinski definition) is 3. The average molecular weight is 227 g/mol. The third-order valence-corrected chi connectivity index (χ3v) is 3.01. The number of rotatable bonds is 4. The highest BCUT2D eigenvalue weighted by Gasteiger charge is 2.27. The van der Waals surface area contributed by atoms with Crippen LogP contribution in [0.3, 0.4) is 0 Å². The van der Waals surface area contributed by atoms with Crippen LogP contribution in [0.2, 0.25) is 0 Å². The molecule has 0 bridgehead atoms. The molecule has 92 valence electrons. The van der Waals surface area contributed by atoms with Crippen molar-refractivity contribution in [1.82, 2.24) is 4.90 Å². The van der Waals surface area contributed by atoms with Gasteiger partial charge in [0.1, 0.15) is 0 Å². The van der Waals surface area contributed by atoms with Gasteiger partial charge in [-0.1, -0.05) is 13.0 Å². The summed E-state index contributed by atoms with van der Waals surface area (Å²) in [7, 11) is 0. The molecule has 1 saturated heterocycles. The molecule has 16 heavy (non-hydrogen) atoms. The highest BCUT2D eigenvalue weighted by molar-refractivity contribution is 5.86. The summed E-state index contributed by atoms with van der Waals surface area (Å²) >= 11 is 0. The van der Waals surface area contributed by atoms with Crippen LogP contribution in [0.4, 0.5) is 0 Å². The van der Waals surface area contributed by atoms with Crippen molar-refractivity contribution in [2.45, 2.75) is 38.7 Å². The molecule has 1 heterocycles. The van der Waals surface area contributed by atoms with Gasteiger partial charge < -0.3 is 10.2 Å². The number of aliphatic hydroxyl groups is 1. The molecule has 0 aromatic heterocycles. The first-order valence-corrected chi connectivity index (χ1v) is 5.81. The second kappa shape index (κ2) is 5.46. The molecule has 0 aromatic rings. The van der Waals surface area contributed by atoms with Crippen LogP contribution in [0.15, 0.2) is 11.6 Å². The lowest BCUT2D eigenvalue weighted by Gasteiger charge is -2.36. The zero-order chi connectivity index (χ0) is 12.2. The molecule has 4 heteroatoms. The topological polar surface area (TPSA) is 60.8 Å². The standard InChI is InChI=1S/C12H21NO3/c1-3-10(11(14)15)5-8-13-7-4-6-12(2,16)9-13/h5,16H,3-4,6-9H2,1-2H3,(H,14,15). The van der Waals surface area contributed by atoms with Gasteiger partial charge in [0.05, 0.1) is 5.60 Å². The molecule has 0 spiro atoms. The Bertz CT molecular complexity index is 284. The molecule has 0 aromatic carbocycles. The average Bonchev–Trinajstić information content (AvgIpc) is 2.16. The highest BCUT2D eigenvalue weighted by Crippen LogP contribution is 2.20. The van der Waals surface area contributed by atoms with Crippen molar-refractivity contribution in [3.8, 4) is 0 Å². The number of carboxylic acid groups (broad SMARTS) is 1. The lowest BCUT2D eigenvalue weighted by molar-refractivity contribution is -0.132. The maximum Gasteiger partial charge on any atom is 0.331 e. The predicted octanol–water partition coefficient (Wildman–Crippen LogP) is 1.25. The summed E-state index contributed by atoms with van der Waals surface area (Å²) < 4.78 is 0. The van der Waals surface area contributed by atoms with Gasteiger partial charge in [-0.05, 0) is 32.7 Å². The Labute approximate surface area is 96.6 Å². The maximum absolute atomic E-state index is 10.8. The second-order valence-corrected chi connectivity index (χ2v) is 4.72. The lowest BCUT2D eigenvalue weighted by Crippen LogP contribution is -2.46. The molecule has 1 fully saturated rings. The van der Waals surface area contributed by atoms with Gasteiger partial charge >= 0.3 is 5.97 Å². The summed E-state index contributed by atoms with van der Waals surface area (Å²) in [5, 5.41) is 18.8. The second-order valence-electron chi connectivity index (χ2n) is 4.72. The van der Waals surface area contributed by atoms with E-state index in [1.54, 1.807) is 6.08 Å². The van der Waals surface area contributed by atoms with Crippen molar-refractivity contribution >= 4 is 5.97 Å². The van der Waals surface area contributed by atoms with E-state index in [2.05, 4.69) is 4.90 Å². The summed E-state index contributed by atoms with van der Waals surface area (Å²) in [6, 6.07) is 0. The summed E-state index contributed by atoms with van der Waals surface area (Å²) in [6.45, 7) is 5.85. The number of β-amino-alcohol motifs (C(OH)–C–C–N with tert-alkyl or cyclic N) is 1. The van der Waals surface area contributed by atoms with E-state index >= 15 is 0 Å². The van der Waals surface area contributed by atoms with Gasteiger partial charge in [-0.25, -0.2) is 4.79 Å². The van der Waals surface area contributed by atoms with E-state index in [0.29, 0.717) is 25.1 Å². The molecule has 1 atom stereocenters. The highest BCUT2D eigenvalue weighted by atomic mass is 16.4. The summed E-state index contributed by atoms with van der Waals surface area (Å²) in [4.78, 5) is 12.9. The third kappa shape index (κ3) is 3.94. The molecule has 2 N–H and O–H groups in total. The zero-order valence-corrected chi connectivity index (χ0v) is 10.1. The van der Waals surface area contributed by atoms with Crippen LogP contribution >= 0.6 is 0 Å². The smallest absolute Gasteiger partial charge is 0.331 e. The van der Waals surface area contributed by atoms with Crippen molar-refractivity contribution in [2.75, 3.05) is 19.6 Å². The summed E-state index contributed by atoms with van der Waals surface area (Å²) in [6.07, 6.45) is 4.09. The van der Waals surface area contributed by atoms with Gasteiger partial charge in [-0.15, -0.1) is 0 Å². The molecule has 1 aliphatic heterocycles. The van der Waals surface area contributed by atoms with E-state index in [0.717, 1.165) is 19.4 Å². The molecule has 0 saturated carbocycles. The first-order valence-electron chi connectivity index (χ1n) is 5.81. The SMILES string of the molecule is CCC(=CCN1CCCC(C)(O)C1)C(=O)O. The molecule has 0 amide bonds. The fourth-order valence-electron chi connectivity index (χ4n) is 2.10. The minimum absolute atomic E-state index is 0.449. The van der Waals surface area contributed by atoms with Crippen molar-refractivity contribution in [1.29, 1.82) is 0 Å². The predicted molar refractivity (Wildman–Crippen MR) is 62.3 cm³/mol. The monoisotopic (exact) mass is 227 g/mol. The van der Waals surface area contributed by atoms with E-state index in [1.807, 2.05) is 13.8 Å². The van der Waals surface area contributed by atoms with Crippen LogP contribution in [0, 0.1) is 0 Å². The minimum Gasteiger partial charge on any atom is -0.478 e. The van der Waals surface area contributed by atoms with Gasteiger partial charge in [0.15, 0.2) is 0 Å². The van der Waals surface area contributed by atoms with E-state index in [1.165, 1.54) is 0 Å². The van der Waals surface area contributed by atoms with Crippen molar-refractivity contribution in [3.63, 3.8) is 0 Å². The van der Waals surface area contributed by atoms with Crippen LogP contribution in [0.25, 0.3) is 0 Å². The Morgan fingerprint density at radius 1 is 1.56 bits per heavy atom. The zero-order valence-electron chi connectivity index (χ0n) is 10.1. The number of aliphatic carboxylic acids is 1. The number of nitrogens with zero attached hydrogens (tertiary/aromatic N) is 1. The number of likely N-dealkylation sites (tertiary alicyclic amines) is 1. The van der Waals surface area contributed by atoms with Crippen LogP contribution in [-0.4, -0.2) is 46.3 Å². The summed E-state index contributed by atoms with van der Waals surface area (Å²) in [5.74, 6) is -0.841. The van der Waals surface area contributed by atoms with Gasteiger partial charge in [0.25, 0.3) is 0 Å². The molecular weight excluding hydrogens is 206 g/mol. The molecule has 4 nitrogen and oxygen atoms in total. The lowest BCUT2D eigenvalue weighted by atomic mass is 9.95. The molecule has 1 unspecified atom stereocenters. The molecule has 1 rings (SSSR count). The van der Waals surface area contributed by atoms with E-state index in [4.69, 9.17) is 5.11 Å². The molecular formula is C12H21NO3. The Kier molecular flexibility index (Phi) is 4.50. The normalized spacial score (nSPS) is 28.1. The fraction of sp³-hybridized carbons (Fsp3) is 0.750. The van der Waals surface area contributed by atoms with Crippen molar-refractivity contribution in [2.24, 2.45) is 0 Å². The Balaban J connectivity index is 2.51. The largest absolute Gasteiger partial charge is 0.478 e. The van der Waals surface area contributed by atoms with Crippen LogP contribution in [0.1, 0.15) is 33.1 Å². The van der Waals surface area contributed by atoms with Crippen LogP contribution in [-0.2, 0) is 4.79 Å². The molecule has 0 radical (unpaired) electrons. The maximum atomic E-state index is 10.8. The summed E-state index contributed by atoms with van der Waals surface area (Å²) in [5.41, 5.74) is -0.174. The quantitative estimate of drug-likeness (QED) is 0.710. The van der Waals surface area contributed by atoms with Gasteiger partial charge in [0, 0.05) is 18.7 Å². The van der Waals surface area contributed by atoms with E-state index in [-0.39, 0.29) is 0 Å². The van der Waals surface area contributed by atoms with Gasteiger partial charge in [-0.3, -0.25) is 4.90 Å².